The third kappa shape index (κ3) is 9.53. The maximum absolute atomic E-state index is 2.82. The third-order valence-corrected chi connectivity index (χ3v) is 44.1. The summed E-state index contributed by atoms with van der Waals surface area (Å²) in [7, 11) is 0. The molecule has 278 valence electrons. The minimum absolute atomic E-state index is 1.31. The molecule has 0 nitrogen and oxygen atoms in total. The van der Waals surface area contributed by atoms with Crippen LogP contribution in [-0.4, -0.2) is 36.8 Å². The van der Waals surface area contributed by atoms with Crippen LogP contribution < -0.4 is 7.16 Å². The molecule has 5 rings (SSSR count). The quantitative estimate of drug-likeness (QED) is 0.0607. The Bertz CT molecular complexity index is 1640. The minimum atomic E-state index is -2.82. The molecule has 0 aliphatic rings. The zero-order valence-electron chi connectivity index (χ0n) is 34.0. The van der Waals surface area contributed by atoms with Gasteiger partial charge < -0.3 is 0 Å². The normalized spacial score (nSPS) is 12.3. The number of fused-ring (bicyclic) bond motifs is 2. The summed E-state index contributed by atoms with van der Waals surface area (Å²) in [6, 6.07) is 38.8. The molecule has 0 aliphatic carbocycles. The second-order valence-corrected chi connectivity index (χ2v) is 42.2. The van der Waals surface area contributed by atoms with E-state index in [2.05, 4.69) is 139 Å². The number of hydrogen-bond acceptors (Lipinski definition) is 0. The number of unbranched alkanes of at least 4 members (excludes halogenated alkanes) is 6. The molecular weight excluding hydrogens is 838 g/mol. The molecule has 0 atom stereocenters. The zero-order valence-corrected chi connectivity index (χ0v) is 39.7. The van der Waals surface area contributed by atoms with E-state index in [1.165, 1.54) is 126 Å². The molecule has 0 bridgehead atoms. The predicted octanol–water partition coefficient (Wildman–Crippen LogP) is 15.4. The van der Waals surface area contributed by atoms with Gasteiger partial charge in [0.1, 0.15) is 0 Å². The summed E-state index contributed by atoms with van der Waals surface area (Å²) in [5.41, 5.74) is 6.00. The van der Waals surface area contributed by atoms with Gasteiger partial charge in [-0.15, -0.1) is 0 Å². The average molecular weight is 909 g/mol. The van der Waals surface area contributed by atoms with E-state index in [9.17, 15) is 0 Å². The average Bonchev–Trinajstić information content (AvgIpc) is 3.20. The van der Waals surface area contributed by atoms with Gasteiger partial charge in [-0.25, -0.2) is 0 Å². The second-order valence-electron chi connectivity index (χ2n) is 16.2. The van der Waals surface area contributed by atoms with Crippen molar-refractivity contribution in [3.63, 3.8) is 0 Å². The maximum atomic E-state index is 2.53. The van der Waals surface area contributed by atoms with Crippen LogP contribution in [-0.2, 0) is 0 Å². The molecule has 0 heterocycles. The Labute approximate surface area is 327 Å². The molecule has 5 aromatic carbocycles. The van der Waals surface area contributed by atoms with E-state index in [4.69, 9.17) is 0 Å². The van der Waals surface area contributed by atoms with Crippen molar-refractivity contribution in [3.05, 3.63) is 97.1 Å². The fraction of sp³-hybridized carbons (Fsp3) is 0.480. The molecule has 0 amide bonds. The van der Waals surface area contributed by atoms with E-state index in [1.54, 1.807) is 21.9 Å². The zero-order chi connectivity index (χ0) is 36.8. The molecule has 52 heavy (non-hydrogen) atoms. The van der Waals surface area contributed by atoms with E-state index < -0.39 is 36.8 Å². The van der Waals surface area contributed by atoms with Crippen LogP contribution in [0.5, 0.6) is 0 Å². The van der Waals surface area contributed by atoms with Crippen LogP contribution in [0.1, 0.15) is 119 Å². The summed E-state index contributed by atoms with van der Waals surface area (Å²) in [5.74, 6) is 0. The fourth-order valence-electron chi connectivity index (χ4n) is 9.59. The van der Waals surface area contributed by atoms with E-state index in [1.807, 2.05) is 7.16 Å². The Kier molecular flexibility index (Phi) is 16.5. The molecule has 2 heteroatoms. The molecule has 0 saturated carbocycles. The van der Waals surface area contributed by atoms with Crippen LogP contribution in [0.15, 0.2) is 97.1 Å². The van der Waals surface area contributed by atoms with Crippen molar-refractivity contribution in [1.29, 1.82) is 0 Å². The number of benzene rings is 5. The van der Waals surface area contributed by atoms with Gasteiger partial charge in [-0.2, -0.15) is 0 Å². The van der Waals surface area contributed by atoms with Gasteiger partial charge in [0.05, 0.1) is 0 Å². The SMILES string of the molecule is CCC[CH2][Sn]([CH2]CCC)([CH2]CCC)[c]1c(-c2ccc(-c3ccc4ccccc4[c]3[Sn]([CH2]CCC)([CH2]CCC)[CH2]CCC)cc2)ccc2ccccc12. The number of rotatable bonds is 22. The first kappa shape index (κ1) is 41.4. The molecular formula is C50H70Sn2. The Morgan fingerprint density at radius 3 is 0.904 bits per heavy atom. The first-order chi connectivity index (χ1) is 25.5. The van der Waals surface area contributed by atoms with Crippen LogP contribution in [0.2, 0.25) is 26.6 Å². The van der Waals surface area contributed by atoms with Gasteiger partial charge in [-0.1, -0.05) is 0 Å². The Hall–Kier alpha value is -1.78. The summed E-state index contributed by atoms with van der Waals surface area (Å²) in [6.45, 7) is 14.5. The summed E-state index contributed by atoms with van der Waals surface area (Å²) < 4.78 is 12.6. The van der Waals surface area contributed by atoms with Crippen LogP contribution in [0, 0.1) is 0 Å². The predicted molar refractivity (Wildman–Crippen MR) is 241 cm³/mol. The summed E-state index contributed by atoms with van der Waals surface area (Å²) in [5, 5.41) is 6.03. The Morgan fingerprint density at radius 2 is 0.615 bits per heavy atom. The molecule has 0 unspecified atom stereocenters. The number of hydrogen-bond donors (Lipinski definition) is 0. The topological polar surface area (TPSA) is 0 Å². The van der Waals surface area contributed by atoms with Crippen LogP contribution in [0.25, 0.3) is 43.8 Å². The third-order valence-electron chi connectivity index (χ3n) is 12.5. The molecule has 0 radical (unpaired) electrons. The van der Waals surface area contributed by atoms with Gasteiger partial charge in [0.15, 0.2) is 0 Å². The van der Waals surface area contributed by atoms with Gasteiger partial charge in [-0.3, -0.25) is 0 Å². The van der Waals surface area contributed by atoms with Crippen molar-refractivity contribution in [3.8, 4) is 22.3 Å². The van der Waals surface area contributed by atoms with Crippen LogP contribution in [0.3, 0.4) is 0 Å². The van der Waals surface area contributed by atoms with Crippen molar-refractivity contribution in [2.75, 3.05) is 0 Å². The van der Waals surface area contributed by atoms with Crippen LogP contribution >= 0.6 is 0 Å². The fourth-order valence-corrected chi connectivity index (χ4v) is 44.9. The monoisotopic (exact) mass is 910 g/mol. The van der Waals surface area contributed by atoms with Crippen molar-refractivity contribution in [2.24, 2.45) is 0 Å². The molecule has 0 spiro atoms. The van der Waals surface area contributed by atoms with E-state index in [0.29, 0.717) is 0 Å². The van der Waals surface area contributed by atoms with Crippen LogP contribution in [0.4, 0.5) is 0 Å². The molecule has 0 N–H and O–H groups in total. The molecule has 0 fully saturated rings. The van der Waals surface area contributed by atoms with Gasteiger partial charge >= 0.3 is 330 Å². The Morgan fingerprint density at radius 1 is 0.327 bits per heavy atom. The summed E-state index contributed by atoms with van der Waals surface area (Å²) >= 11 is -5.65. The van der Waals surface area contributed by atoms with E-state index >= 15 is 0 Å². The first-order valence-electron chi connectivity index (χ1n) is 21.7. The second kappa shape index (κ2) is 20.8. The van der Waals surface area contributed by atoms with Gasteiger partial charge in [-0.05, 0) is 0 Å². The van der Waals surface area contributed by atoms with Gasteiger partial charge in [0.25, 0.3) is 0 Å². The summed E-state index contributed by atoms with van der Waals surface area (Å²) in [6.07, 6.45) is 16.2. The van der Waals surface area contributed by atoms with Gasteiger partial charge in [0.2, 0.25) is 0 Å². The molecule has 5 aromatic rings. The van der Waals surface area contributed by atoms with E-state index in [0.717, 1.165) is 0 Å². The van der Waals surface area contributed by atoms with Crippen molar-refractivity contribution in [2.45, 2.75) is 145 Å². The van der Waals surface area contributed by atoms with Gasteiger partial charge in [0, 0.05) is 0 Å². The molecule has 0 saturated heterocycles. The van der Waals surface area contributed by atoms with Crippen molar-refractivity contribution < 1.29 is 0 Å². The van der Waals surface area contributed by atoms with E-state index in [-0.39, 0.29) is 0 Å². The van der Waals surface area contributed by atoms with Crippen molar-refractivity contribution in [1.82, 2.24) is 0 Å². The Balaban J connectivity index is 1.72. The van der Waals surface area contributed by atoms with Crippen molar-refractivity contribution >= 4 is 65.5 Å². The standard InChI is InChI=1S/C26H16.6C4H9.2Sn/c1-3-7-23-17-25(15-13-19(23)5-1)21-9-11-22(12-10-21)26-16-14-20-6-2-4-8-24(20)18-26;6*1-3-4-2;;/h1-16H;6*1,3-4H2,2H3;;. The molecule has 0 aliphatic heterocycles. The molecule has 0 aromatic heterocycles. The summed E-state index contributed by atoms with van der Waals surface area (Å²) in [4.78, 5) is 0. The first-order valence-corrected chi connectivity index (χ1v) is 36.6.